The molecule has 2 fully saturated rings. The van der Waals surface area contributed by atoms with Crippen LogP contribution in [-0.2, 0) is 91.2 Å². The molecule has 0 aliphatic carbocycles. The molecule has 0 bridgehead atoms. The van der Waals surface area contributed by atoms with Crippen LogP contribution in [0.1, 0.15) is 110 Å². The topological polar surface area (TPSA) is 578 Å². The first-order chi connectivity index (χ1) is 55.5. The number of aliphatic hydroxyl groups excluding tert-OH is 1. The number of carboxylic acid groups (broad SMARTS) is 3. The quantitative estimate of drug-likeness (QED) is 0.0195. The monoisotopic (exact) mass is 1810 g/mol. The molecule has 39 nitrogen and oxygen atoms in total. The van der Waals surface area contributed by atoms with Crippen molar-refractivity contribution in [1.29, 1.82) is 0 Å². The van der Waals surface area contributed by atoms with Gasteiger partial charge in [0.05, 0.1) is 62.4 Å². The number of nitrogens with two attached hydrogens (primary N) is 2. The van der Waals surface area contributed by atoms with E-state index in [4.69, 9.17) is 11.5 Å². The summed E-state index contributed by atoms with van der Waals surface area (Å²) in [7, 11) is 0. The Morgan fingerprint density at radius 3 is 1.54 bits per heavy atom. The Bertz CT molecular complexity index is 3960. The number of piperidine rings is 1. The molecule has 4 aromatic rings. The average Bonchev–Trinajstić information content (AvgIpc) is 1.74. The number of carbonyl (C=O) groups excluding carboxylic acids is 15. The van der Waals surface area contributed by atoms with Gasteiger partial charge in [0.1, 0.15) is 42.3 Å². The molecular weight excluding hydrogens is 1700 g/mol. The summed E-state index contributed by atoms with van der Waals surface area (Å²) in [4.78, 5) is 219. The van der Waals surface area contributed by atoms with E-state index in [1.807, 2.05) is 32.6 Å². The number of carbonyl (C=O) groups is 15. The number of fused-ring (bicyclic) bond motifs is 1. The molecule has 2 saturated heterocycles. The predicted molar refractivity (Wildman–Crippen MR) is 419 cm³/mol. The van der Waals surface area contributed by atoms with Crippen molar-refractivity contribution in [2.75, 3.05) is 105 Å². The molecule has 0 radical (unpaired) electrons. The zero-order valence-corrected chi connectivity index (χ0v) is 69.4. The molecule has 4 heterocycles. The largest absolute Gasteiger partial charge is 3.00 e. The van der Waals surface area contributed by atoms with Crippen LogP contribution >= 0.6 is 0 Å². The number of aliphatic hydroxyl groups is 1. The van der Waals surface area contributed by atoms with Gasteiger partial charge in [0.2, 0.25) is 70.9 Å². The standard InChI is InChI=1S/C78H118N20O19.Lu/c1-46(2)31-57(62(99)36-64(101)87-58(72(80)111)32-47(3)4)91-77(116)61(35-53-38-81-45-84-53)88-65(102)39-83-78(117)71(48(5)6)93-73(112)49(7)85-75(114)60(34-51-37-82-55-16-12-11-15-54(51)55)92-74(113)56(17-18-63(79)100)90-76(115)59(33-50-13-9-8-10-14-50)89-67(104)41-94-21-19-52(20-22-94)86-66(103)40-95-23-25-96(42-68(105)106)27-29-98(44-70(109)110)30-28-97(26-24-95)43-69(107)108;/h8-16,37-38,45-49,52,56-62,71,82,99H,17-36,39-44H2,1-7H3,(H2,79,100)(H2,80,111)(H,81,84)(H,83,117)(H,85,114)(H,86,103)(H,87,101)(H,88,102)(H,89,104)(H,90,115)(H,91,116)(H,92,113)(H,93,112)(H,105,106)(H,107,108)(H,109,110);/q;+3/p-3/t49-,56-,57-,58-,59+,60-,61-,62-,71-;/m0./s1/i;1+2. The van der Waals surface area contributed by atoms with Crippen LogP contribution in [-0.4, -0.2) is 299 Å². The van der Waals surface area contributed by atoms with E-state index in [0.717, 1.165) is 0 Å². The number of aromatic amines is 2. The van der Waals surface area contributed by atoms with Crippen molar-refractivity contribution in [3.8, 4) is 0 Å². The number of nitrogens with one attached hydrogen (secondary N) is 12. The number of likely N-dealkylation sites (tertiary alicyclic amines) is 1. The second-order valence-corrected chi connectivity index (χ2v) is 31.1. The molecule has 118 heavy (non-hydrogen) atoms. The minimum absolute atomic E-state index is 0. The fraction of sp³-hybridized carbons (Fsp3) is 0.590. The van der Waals surface area contributed by atoms with Crippen molar-refractivity contribution in [2.24, 2.45) is 29.2 Å². The molecule has 9 atom stereocenters. The van der Waals surface area contributed by atoms with Gasteiger partial charge in [-0.2, -0.15) is 0 Å². The molecule has 0 spiro atoms. The van der Waals surface area contributed by atoms with Crippen molar-refractivity contribution < 1.29 is 129 Å². The maximum Gasteiger partial charge on any atom is 3.00 e. The first kappa shape index (κ1) is 98.8. The summed E-state index contributed by atoms with van der Waals surface area (Å²) >= 11 is 0. The number of amides is 12. The Hall–Kier alpha value is -9.77. The number of primary amides is 2. The van der Waals surface area contributed by atoms with Gasteiger partial charge >= 0.3 is 36.9 Å². The van der Waals surface area contributed by atoms with Gasteiger partial charge in [-0.25, -0.2) is 4.98 Å². The van der Waals surface area contributed by atoms with Crippen molar-refractivity contribution >= 4 is 99.7 Å². The van der Waals surface area contributed by atoms with E-state index < -0.39 is 182 Å². The van der Waals surface area contributed by atoms with Crippen LogP contribution in [0.3, 0.4) is 0 Å². The third-order valence-corrected chi connectivity index (χ3v) is 20.0. The number of rotatable bonds is 45. The van der Waals surface area contributed by atoms with E-state index in [9.17, 15) is 92.3 Å². The van der Waals surface area contributed by atoms with Crippen molar-refractivity contribution in [3.05, 3.63) is 90.1 Å². The first-order valence-electron chi connectivity index (χ1n) is 39.5. The second-order valence-electron chi connectivity index (χ2n) is 31.1. The van der Waals surface area contributed by atoms with Gasteiger partial charge in [-0.3, -0.25) is 82.0 Å². The molecule has 12 amide bonds. The van der Waals surface area contributed by atoms with Gasteiger partial charge in [0, 0.05) is 146 Å². The Morgan fingerprint density at radius 1 is 0.508 bits per heavy atom. The number of aliphatic carboxylic acids is 3. The van der Waals surface area contributed by atoms with Crippen LogP contribution in [0, 0.1) is 54.6 Å². The van der Waals surface area contributed by atoms with Crippen molar-refractivity contribution in [2.45, 2.75) is 173 Å². The number of carboxylic acids is 3. The second kappa shape index (κ2) is 50.2. The fourth-order valence-corrected chi connectivity index (χ4v) is 13.7. The van der Waals surface area contributed by atoms with Crippen LogP contribution in [0.2, 0.25) is 0 Å². The summed E-state index contributed by atoms with van der Waals surface area (Å²) in [6, 6.07) is 4.97. The van der Waals surface area contributed by atoms with Gasteiger partial charge < -0.3 is 109 Å². The summed E-state index contributed by atoms with van der Waals surface area (Å²) in [5.74, 6) is -14.0. The maximum atomic E-state index is 14.8. The third kappa shape index (κ3) is 35.8. The van der Waals surface area contributed by atoms with Crippen LogP contribution < -0.4 is 80.0 Å². The van der Waals surface area contributed by atoms with Gasteiger partial charge in [-0.1, -0.05) is 90.1 Å². The predicted octanol–water partition coefficient (Wildman–Crippen LogP) is -7.76. The van der Waals surface area contributed by atoms with Gasteiger partial charge in [-0.15, -0.1) is 0 Å². The molecular formula is C78H115LuN20O19. The minimum Gasteiger partial charge on any atom is -0.549 e. The van der Waals surface area contributed by atoms with Crippen LogP contribution in [0.4, 0.5) is 0 Å². The van der Waals surface area contributed by atoms with E-state index in [-0.39, 0.29) is 165 Å². The summed E-state index contributed by atoms with van der Waals surface area (Å²) in [5.41, 5.74) is 13.4. The van der Waals surface area contributed by atoms with Gasteiger partial charge in [0.15, 0.2) is 0 Å². The number of aromatic nitrogens is 3. The van der Waals surface area contributed by atoms with Crippen molar-refractivity contribution in [3.63, 3.8) is 0 Å². The molecule has 656 valence electrons. The minimum atomic E-state index is -1.57. The van der Waals surface area contributed by atoms with E-state index in [1.54, 1.807) is 89.3 Å². The SMILES string of the molecule is CC(C)C[C@H](NC(=O)C[C@H](O)[C@H](CC(C)C)NC(=O)[C@H](Cc1cnc[nH]1)NC(=O)CNC(=O)[C@@H](NC(=O)[C@H](C)NC(=O)[C@H](Cc1c[nH]c2ccccc12)NC(=O)[C@H](CCC(N)=O)NC(=O)[C@@H](Cc1ccccc1)NC(=O)CN1CCC(NC(=O)CN2CCN(CC(=O)[O-])CCN(CC(=O)[O-])CCN(CC(=O)[O-])CC2)CC1)C(C)C)C(N)=O.[177Lu+3]. The summed E-state index contributed by atoms with van der Waals surface area (Å²) in [6.45, 7) is 11.4. The smallest absolute Gasteiger partial charge is 0.549 e. The normalized spacial score (nSPS) is 16.7. The molecule has 2 aromatic heterocycles. The molecule has 0 unspecified atom stereocenters. The molecule has 17 N–H and O–H groups in total. The summed E-state index contributed by atoms with van der Waals surface area (Å²) < 4.78 is 0. The molecule has 40 heteroatoms. The number of benzene rings is 2. The molecule has 2 aromatic carbocycles. The fourth-order valence-electron chi connectivity index (χ4n) is 13.7. The summed E-state index contributed by atoms with van der Waals surface area (Å²) in [5, 5.41) is 73.8. The molecule has 6 rings (SSSR count). The zero-order valence-electron chi connectivity index (χ0n) is 67.7. The van der Waals surface area contributed by atoms with Gasteiger partial charge in [-0.05, 0) is 74.0 Å². The van der Waals surface area contributed by atoms with Crippen molar-refractivity contribution in [1.82, 2.24) is 92.6 Å². The number of H-pyrrole nitrogens is 2. The summed E-state index contributed by atoms with van der Waals surface area (Å²) in [6.07, 6.45) is 2.52. The Balaban J connectivity index is 0.0000248. The van der Waals surface area contributed by atoms with E-state index >= 15 is 0 Å². The third-order valence-electron chi connectivity index (χ3n) is 20.0. The van der Waals surface area contributed by atoms with E-state index in [0.29, 0.717) is 53.7 Å². The Kier molecular flexibility index (Phi) is 42.1. The van der Waals surface area contributed by atoms with Gasteiger partial charge in [0.25, 0.3) is 0 Å². The molecule has 0 saturated carbocycles. The molecule has 2 aliphatic rings. The number of hydrogen-bond donors (Lipinski definition) is 15. The van der Waals surface area contributed by atoms with Crippen LogP contribution in [0.25, 0.3) is 10.9 Å². The number of hydrogen-bond acceptors (Lipinski definition) is 25. The van der Waals surface area contributed by atoms with E-state index in [2.05, 4.69) is 68.1 Å². The number of imidazole rings is 1. The van der Waals surface area contributed by atoms with E-state index in [1.165, 1.54) is 24.3 Å². The Labute approximate surface area is 714 Å². The van der Waals surface area contributed by atoms with Crippen LogP contribution in [0.15, 0.2) is 73.3 Å². The number of nitrogens with zero attached hydrogens (tertiary/aromatic N) is 6. The van der Waals surface area contributed by atoms with Crippen LogP contribution in [0.5, 0.6) is 0 Å². The zero-order chi connectivity index (χ0) is 86.0. The Morgan fingerprint density at radius 2 is 1.00 bits per heavy atom. The maximum absolute atomic E-state index is 14.8. The average molecular weight is 1810 g/mol. The molecule has 2 aliphatic heterocycles. The first-order valence-corrected chi connectivity index (χ1v) is 39.5. The number of para-hydroxylation sites is 1.